The summed E-state index contributed by atoms with van der Waals surface area (Å²) < 4.78 is 18.5. The Balaban J connectivity index is 1.72. The molecule has 132 valence electrons. The van der Waals surface area contributed by atoms with E-state index in [-0.39, 0.29) is 24.2 Å². The van der Waals surface area contributed by atoms with E-state index in [2.05, 4.69) is 5.32 Å². The second-order valence-corrected chi connectivity index (χ2v) is 5.68. The first-order valence-corrected chi connectivity index (χ1v) is 8.14. The van der Waals surface area contributed by atoms with Crippen LogP contribution in [-0.4, -0.2) is 68.2 Å². The van der Waals surface area contributed by atoms with Gasteiger partial charge in [-0.25, -0.2) is 9.18 Å². The van der Waals surface area contributed by atoms with E-state index in [1.54, 1.807) is 35.1 Å². The van der Waals surface area contributed by atoms with E-state index in [0.717, 1.165) is 0 Å². The third-order valence-electron chi connectivity index (χ3n) is 4.07. The summed E-state index contributed by atoms with van der Waals surface area (Å²) in [5.74, 6) is -0.277. The summed E-state index contributed by atoms with van der Waals surface area (Å²) in [6.07, 6.45) is 0.671. The molecule has 0 saturated carbocycles. The first kappa shape index (κ1) is 18.2. The van der Waals surface area contributed by atoms with Gasteiger partial charge in [0.25, 0.3) is 0 Å². The average molecular weight is 337 g/mol. The lowest BCUT2D eigenvalue weighted by Crippen LogP contribution is -2.53. The Morgan fingerprint density at radius 3 is 2.50 bits per heavy atom. The van der Waals surface area contributed by atoms with Gasteiger partial charge < -0.3 is 19.9 Å². The standard InChI is InChI=1S/C17H24FN3O3/c1-24-13-8-19-17(23)21-11-9-20(10-12-21)16(22)7-6-14-4-2-3-5-15(14)18/h2-5H,6-13H2,1H3,(H,19,23). The number of hydrogen-bond acceptors (Lipinski definition) is 3. The topological polar surface area (TPSA) is 61.9 Å². The third kappa shape index (κ3) is 5.19. The maximum atomic E-state index is 13.6. The molecular weight excluding hydrogens is 313 g/mol. The number of halogens is 1. The van der Waals surface area contributed by atoms with E-state index >= 15 is 0 Å². The fourth-order valence-electron chi connectivity index (χ4n) is 2.63. The number of methoxy groups -OCH3 is 1. The lowest BCUT2D eigenvalue weighted by molar-refractivity contribution is -0.132. The molecule has 0 aliphatic carbocycles. The van der Waals surface area contributed by atoms with E-state index in [4.69, 9.17) is 4.74 Å². The number of urea groups is 1. The molecule has 1 heterocycles. The number of amides is 3. The van der Waals surface area contributed by atoms with Gasteiger partial charge in [0.2, 0.25) is 5.91 Å². The van der Waals surface area contributed by atoms with Gasteiger partial charge in [-0.3, -0.25) is 4.79 Å². The summed E-state index contributed by atoms with van der Waals surface area (Å²) in [6.45, 7) is 2.97. The van der Waals surface area contributed by atoms with Crippen molar-refractivity contribution < 1.29 is 18.7 Å². The Morgan fingerprint density at radius 1 is 1.17 bits per heavy atom. The Labute approximate surface area is 141 Å². The van der Waals surface area contributed by atoms with Gasteiger partial charge >= 0.3 is 6.03 Å². The molecule has 3 amide bonds. The molecule has 0 bridgehead atoms. The number of benzene rings is 1. The first-order valence-electron chi connectivity index (χ1n) is 8.14. The van der Waals surface area contributed by atoms with Gasteiger partial charge in [-0.15, -0.1) is 0 Å². The molecule has 1 fully saturated rings. The van der Waals surface area contributed by atoms with E-state index in [0.29, 0.717) is 51.3 Å². The number of aryl methyl sites for hydroxylation is 1. The number of hydrogen-bond donors (Lipinski definition) is 1. The van der Waals surface area contributed by atoms with Gasteiger partial charge in [0.15, 0.2) is 0 Å². The van der Waals surface area contributed by atoms with Crippen molar-refractivity contribution in [1.29, 1.82) is 0 Å². The number of piperazine rings is 1. The van der Waals surface area contributed by atoms with Crippen molar-refractivity contribution >= 4 is 11.9 Å². The van der Waals surface area contributed by atoms with Crippen molar-refractivity contribution in [2.45, 2.75) is 12.8 Å². The monoisotopic (exact) mass is 337 g/mol. The van der Waals surface area contributed by atoms with Crippen LogP contribution >= 0.6 is 0 Å². The highest BCUT2D eigenvalue weighted by atomic mass is 19.1. The van der Waals surface area contributed by atoms with Crippen LogP contribution in [0.4, 0.5) is 9.18 Å². The normalized spacial score (nSPS) is 14.6. The molecule has 0 spiro atoms. The summed E-state index contributed by atoms with van der Waals surface area (Å²) in [7, 11) is 1.58. The van der Waals surface area contributed by atoms with Crippen molar-refractivity contribution in [3.8, 4) is 0 Å². The number of carbonyl (C=O) groups excluding carboxylic acids is 2. The minimum Gasteiger partial charge on any atom is -0.383 e. The maximum absolute atomic E-state index is 13.6. The minimum absolute atomic E-state index is 0.00213. The van der Waals surface area contributed by atoms with Crippen LogP contribution in [0.25, 0.3) is 0 Å². The molecule has 0 unspecified atom stereocenters. The largest absolute Gasteiger partial charge is 0.383 e. The SMILES string of the molecule is COCCNC(=O)N1CCN(C(=O)CCc2ccccc2F)CC1. The van der Waals surface area contributed by atoms with Crippen molar-refractivity contribution in [2.24, 2.45) is 0 Å². The molecule has 7 heteroatoms. The molecule has 1 aromatic carbocycles. The summed E-state index contributed by atoms with van der Waals surface area (Å²) in [6, 6.07) is 6.37. The summed E-state index contributed by atoms with van der Waals surface area (Å²) in [5.41, 5.74) is 0.557. The highest BCUT2D eigenvalue weighted by molar-refractivity contribution is 5.78. The Morgan fingerprint density at radius 2 is 1.83 bits per heavy atom. The quantitative estimate of drug-likeness (QED) is 0.795. The fourth-order valence-corrected chi connectivity index (χ4v) is 2.63. The van der Waals surface area contributed by atoms with E-state index in [1.807, 2.05) is 0 Å². The van der Waals surface area contributed by atoms with Gasteiger partial charge in [0.05, 0.1) is 6.61 Å². The second kappa shape index (κ2) is 9.22. The lowest BCUT2D eigenvalue weighted by Gasteiger charge is -2.34. The maximum Gasteiger partial charge on any atom is 0.317 e. The van der Waals surface area contributed by atoms with Crippen LogP contribution in [-0.2, 0) is 16.0 Å². The van der Waals surface area contributed by atoms with Gasteiger partial charge in [0.1, 0.15) is 5.82 Å². The zero-order valence-corrected chi connectivity index (χ0v) is 14.0. The number of carbonyl (C=O) groups is 2. The smallest absolute Gasteiger partial charge is 0.317 e. The molecule has 1 N–H and O–H groups in total. The summed E-state index contributed by atoms with van der Waals surface area (Å²) in [4.78, 5) is 27.6. The van der Waals surface area contributed by atoms with Crippen molar-refractivity contribution in [1.82, 2.24) is 15.1 Å². The number of nitrogens with zero attached hydrogens (tertiary/aromatic N) is 2. The Bertz CT molecular complexity index is 560. The van der Waals surface area contributed by atoms with Crippen molar-refractivity contribution in [3.05, 3.63) is 35.6 Å². The second-order valence-electron chi connectivity index (χ2n) is 5.68. The third-order valence-corrected chi connectivity index (χ3v) is 4.07. The van der Waals surface area contributed by atoms with E-state index < -0.39 is 0 Å². The van der Waals surface area contributed by atoms with Gasteiger partial charge in [-0.1, -0.05) is 18.2 Å². The molecule has 1 aromatic rings. The molecule has 1 aliphatic heterocycles. The van der Waals surface area contributed by atoms with Crippen LogP contribution in [0.5, 0.6) is 0 Å². The van der Waals surface area contributed by atoms with E-state index in [1.165, 1.54) is 6.07 Å². The minimum atomic E-state index is -0.275. The van der Waals surface area contributed by atoms with Gasteiger partial charge in [0, 0.05) is 46.3 Å². The van der Waals surface area contributed by atoms with Crippen LogP contribution in [0.2, 0.25) is 0 Å². The molecule has 2 rings (SSSR count). The van der Waals surface area contributed by atoms with Crippen molar-refractivity contribution in [3.63, 3.8) is 0 Å². The van der Waals surface area contributed by atoms with Crippen LogP contribution in [0.1, 0.15) is 12.0 Å². The van der Waals surface area contributed by atoms with Crippen LogP contribution < -0.4 is 5.32 Å². The highest BCUT2D eigenvalue weighted by Crippen LogP contribution is 2.11. The zero-order chi connectivity index (χ0) is 17.4. The van der Waals surface area contributed by atoms with E-state index in [9.17, 15) is 14.0 Å². The fraction of sp³-hybridized carbons (Fsp3) is 0.529. The van der Waals surface area contributed by atoms with Gasteiger partial charge in [-0.2, -0.15) is 0 Å². The number of ether oxygens (including phenoxy) is 1. The molecule has 0 radical (unpaired) electrons. The molecule has 0 aromatic heterocycles. The highest BCUT2D eigenvalue weighted by Gasteiger charge is 2.23. The zero-order valence-electron chi connectivity index (χ0n) is 14.0. The van der Waals surface area contributed by atoms with Crippen LogP contribution in [0, 0.1) is 5.82 Å². The predicted molar refractivity (Wildman–Crippen MR) is 88.1 cm³/mol. The molecule has 24 heavy (non-hydrogen) atoms. The Kier molecular flexibility index (Phi) is 6.99. The number of nitrogens with one attached hydrogen (secondary N) is 1. The molecule has 1 saturated heterocycles. The number of rotatable bonds is 6. The van der Waals surface area contributed by atoms with Gasteiger partial charge in [-0.05, 0) is 18.1 Å². The molecule has 1 aliphatic rings. The summed E-state index contributed by atoms with van der Waals surface area (Å²) in [5, 5.41) is 2.77. The van der Waals surface area contributed by atoms with Crippen molar-refractivity contribution in [2.75, 3.05) is 46.4 Å². The molecule has 0 atom stereocenters. The summed E-state index contributed by atoms with van der Waals surface area (Å²) >= 11 is 0. The first-order chi connectivity index (χ1) is 11.6. The predicted octanol–water partition coefficient (Wildman–Crippen LogP) is 1.26. The van der Waals surface area contributed by atoms with Crippen LogP contribution in [0.3, 0.4) is 0 Å². The lowest BCUT2D eigenvalue weighted by atomic mass is 10.1. The Hall–Kier alpha value is -2.15. The average Bonchev–Trinajstić information content (AvgIpc) is 2.61. The van der Waals surface area contributed by atoms with Crippen LogP contribution in [0.15, 0.2) is 24.3 Å². The molecular formula is C17H24FN3O3. The molecule has 6 nitrogen and oxygen atoms in total.